The van der Waals surface area contributed by atoms with Gasteiger partial charge in [0.2, 0.25) is 0 Å². The molecule has 0 heterocycles. The first-order valence-electron chi connectivity index (χ1n) is 8.04. The molecule has 2 rings (SSSR count). The first-order valence-corrected chi connectivity index (χ1v) is 8.04. The molecule has 0 aromatic heterocycles. The van der Waals surface area contributed by atoms with E-state index in [1.54, 1.807) is 0 Å². The lowest BCUT2D eigenvalue weighted by Crippen LogP contribution is -2.20. The van der Waals surface area contributed by atoms with Gasteiger partial charge < -0.3 is 5.32 Å². The van der Waals surface area contributed by atoms with Gasteiger partial charge in [-0.1, -0.05) is 49.7 Å². The van der Waals surface area contributed by atoms with Gasteiger partial charge >= 0.3 is 0 Å². The van der Waals surface area contributed by atoms with Gasteiger partial charge in [-0.3, -0.25) is 5.01 Å². The highest BCUT2D eigenvalue weighted by Crippen LogP contribution is 2.32. The molecule has 122 valence electrons. The van der Waals surface area contributed by atoms with E-state index in [4.69, 9.17) is 0 Å². The Morgan fingerprint density at radius 2 is 1.74 bits per heavy atom. The van der Waals surface area contributed by atoms with Gasteiger partial charge in [-0.15, -0.1) is 0 Å². The van der Waals surface area contributed by atoms with Crippen LogP contribution >= 0.6 is 0 Å². The summed E-state index contributed by atoms with van der Waals surface area (Å²) in [4.78, 5) is 0. The maximum atomic E-state index is 4.58. The highest BCUT2D eigenvalue weighted by molar-refractivity contribution is 5.64. The average molecular weight is 309 g/mol. The van der Waals surface area contributed by atoms with Crippen LogP contribution in [0.4, 0.5) is 11.4 Å². The van der Waals surface area contributed by atoms with Crippen LogP contribution < -0.4 is 10.3 Å². The van der Waals surface area contributed by atoms with Crippen molar-refractivity contribution >= 4 is 17.6 Å². The van der Waals surface area contributed by atoms with Gasteiger partial charge in [0.15, 0.2) is 0 Å². The van der Waals surface area contributed by atoms with E-state index in [-0.39, 0.29) is 5.41 Å². The summed E-state index contributed by atoms with van der Waals surface area (Å²) in [6.07, 6.45) is 2.88. The van der Waals surface area contributed by atoms with Crippen molar-refractivity contribution in [2.45, 2.75) is 32.6 Å². The first kappa shape index (κ1) is 17.1. The summed E-state index contributed by atoms with van der Waals surface area (Å²) in [5, 5.41) is 9.77. The Hall–Kier alpha value is -2.29. The molecule has 0 aliphatic rings. The summed E-state index contributed by atoms with van der Waals surface area (Å²) in [5.41, 5.74) is 4.87. The molecule has 23 heavy (non-hydrogen) atoms. The van der Waals surface area contributed by atoms with E-state index in [2.05, 4.69) is 79.7 Å². The smallest absolute Gasteiger partial charge is 0.0590 e. The summed E-state index contributed by atoms with van der Waals surface area (Å²) in [6.45, 7) is 6.59. The molecule has 0 amide bonds. The molecule has 1 N–H and O–H groups in total. The van der Waals surface area contributed by atoms with Gasteiger partial charge in [-0.25, -0.2) is 0 Å². The minimum Gasteiger partial charge on any atom is -0.388 e. The zero-order chi connectivity index (χ0) is 16.9. The van der Waals surface area contributed by atoms with Crippen LogP contribution in [0, 0.1) is 6.92 Å². The number of hydrogen-bond acceptors (Lipinski definition) is 3. The van der Waals surface area contributed by atoms with E-state index in [1.165, 1.54) is 16.8 Å². The number of anilines is 2. The highest BCUT2D eigenvalue weighted by Gasteiger charge is 2.22. The fraction of sp³-hybridized carbons (Fsp3) is 0.350. The van der Waals surface area contributed by atoms with Crippen LogP contribution in [0.15, 0.2) is 53.6 Å². The summed E-state index contributed by atoms with van der Waals surface area (Å²) in [7, 11) is 3.95. The van der Waals surface area contributed by atoms with Crippen molar-refractivity contribution in [2.75, 3.05) is 24.4 Å². The van der Waals surface area contributed by atoms with Crippen molar-refractivity contribution in [1.29, 1.82) is 0 Å². The van der Waals surface area contributed by atoms with Gasteiger partial charge in [0, 0.05) is 26.0 Å². The minimum atomic E-state index is 0.0250. The molecule has 0 atom stereocenters. The third-order valence-corrected chi connectivity index (χ3v) is 4.19. The number of rotatable bonds is 6. The number of nitrogens with zero attached hydrogens (tertiary/aromatic N) is 2. The largest absolute Gasteiger partial charge is 0.388 e. The van der Waals surface area contributed by atoms with Gasteiger partial charge in [0.05, 0.1) is 5.69 Å². The quantitative estimate of drug-likeness (QED) is 0.611. The standard InChI is InChI=1S/C20H27N3/c1-16-10-12-17(13-11-16)23(5)22-15-14-20(2,3)18-8-6-7-9-19(18)21-4/h6-13,15,21H,14H2,1-5H3. The van der Waals surface area contributed by atoms with E-state index in [0.29, 0.717) is 0 Å². The maximum absolute atomic E-state index is 4.58. The number of aryl methyl sites for hydroxylation is 1. The van der Waals surface area contributed by atoms with Crippen LogP contribution in [0.5, 0.6) is 0 Å². The molecule has 0 aliphatic heterocycles. The predicted octanol–water partition coefficient (Wildman–Crippen LogP) is 4.83. The van der Waals surface area contributed by atoms with Crippen LogP contribution in [-0.4, -0.2) is 20.3 Å². The second-order valence-corrected chi connectivity index (χ2v) is 6.54. The fourth-order valence-corrected chi connectivity index (χ4v) is 2.62. The van der Waals surface area contributed by atoms with Crippen molar-refractivity contribution in [3.8, 4) is 0 Å². The first-order chi connectivity index (χ1) is 10.9. The van der Waals surface area contributed by atoms with Crippen LogP contribution in [0.2, 0.25) is 0 Å². The van der Waals surface area contributed by atoms with Crippen molar-refractivity contribution < 1.29 is 0 Å². The molecule has 3 heteroatoms. The molecule has 0 radical (unpaired) electrons. The summed E-state index contributed by atoms with van der Waals surface area (Å²) < 4.78 is 0. The average Bonchev–Trinajstić information content (AvgIpc) is 2.55. The van der Waals surface area contributed by atoms with E-state index in [9.17, 15) is 0 Å². The monoisotopic (exact) mass is 309 g/mol. The van der Waals surface area contributed by atoms with Crippen molar-refractivity contribution in [3.63, 3.8) is 0 Å². The molecule has 0 unspecified atom stereocenters. The van der Waals surface area contributed by atoms with Gasteiger partial charge in [-0.05, 0) is 42.5 Å². The van der Waals surface area contributed by atoms with Gasteiger partial charge in [0.25, 0.3) is 0 Å². The summed E-state index contributed by atoms with van der Waals surface area (Å²) in [5.74, 6) is 0. The number of hydrogen-bond donors (Lipinski definition) is 1. The molecule has 0 spiro atoms. The van der Waals surface area contributed by atoms with Gasteiger partial charge in [0.1, 0.15) is 0 Å². The van der Waals surface area contributed by atoms with Crippen molar-refractivity contribution in [3.05, 3.63) is 59.7 Å². The predicted molar refractivity (Wildman–Crippen MR) is 102 cm³/mol. The van der Waals surface area contributed by atoms with Crippen LogP contribution in [0.3, 0.4) is 0 Å². The number of hydrazone groups is 1. The molecule has 0 fully saturated rings. The third kappa shape index (κ3) is 4.35. The Balaban J connectivity index is 2.07. The Labute approximate surface area is 140 Å². The SMILES string of the molecule is CNc1ccccc1C(C)(C)CC=NN(C)c1ccc(C)cc1. The lowest BCUT2D eigenvalue weighted by molar-refractivity contribution is 0.555. The van der Waals surface area contributed by atoms with E-state index in [0.717, 1.165) is 12.1 Å². The molecule has 0 saturated heterocycles. The van der Waals surface area contributed by atoms with Crippen LogP contribution in [-0.2, 0) is 5.41 Å². The third-order valence-electron chi connectivity index (χ3n) is 4.19. The van der Waals surface area contributed by atoms with Crippen molar-refractivity contribution in [2.24, 2.45) is 5.10 Å². The Morgan fingerprint density at radius 3 is 2.39 bits per heavy atom. The van der Waals surface area contributed by atoms with E-state index >= 15 is 0 Å². The second kappa shape index (κ2) is 7.32. The molecule has 3 nitrogen and oxygen atoms in total. The molecule has 0 bridgehead atoms. The number of para-hydroxylation sites is 1. The lowest BCUT2D eigenvalue weighted by Gasteiger charge is -2.26. The zero-order valence-electron chi connectivity index (χ0n) is 14.8. The van der Waals surface area contributed by atoms with Crippen LogP contribution in [0.25, 0.3) is 0 Å². The molecule has 0 saturated carbocycles. The van der Waals surface area contributed by atoms with E-state index in [1.807, 2.05) is 25.3 Å². The summed E-state index contributed by atoms with van der Waals surface area (Å²) in [6, 6.07) is 16.8. The normalized spacial score (nSPS) is 11.7. The molecular formula is C20H27N3. The lowest BCUT2D eigenvalue weighted by atomic mass is 9.81. The highest BCUT2D eigenvalue weighted by atomic mass is 15.4. The number of nitrogens with one attached hydrogen (secondary N) is 1. The minimum absolute atomic E-state index is 0.0250. The van der Waals surface area contributed by atoms with Crippen LogP contribution in [0.1, 0.15) is 31.4 Å². The topological polar surface area (TPSA) is 27.6 Å². The molecule has 0 aliphatic carbocycles. The molecule has 2 aromatic carbocycles. The molecular weight excluding hydrogens is 282 g/mol. The number of benzene rings is 2. The van der Waals surface area contributed by atoms with Crippen molar-refractivity contribution in [1.82, 2.24) is 0 Å². The Kier molecular flexibility index (Phi) is 5.43. The van der Waals surface area contributed by atoms with Gasteiger partial charge in [-0.2, -0.15) is 5.10 Å². The Bertz CT molecular complexity index is 657. The Morgan fingerprint density at radius 1 is 1.09 bits per heavy atom. The van der Waals surface area contributed by atoms with E-state index < -0.39 is 0 Å². The second-order valence-electron chi connectivity index (χ2n) is 6.54. The zero-order valence-corrected chi connectivity index (χ0v) is 14.8. The summed E-state index contributed by atoms with van der Waals surface area (Å²) >= 11 is 0. The fourth-order valence-electron chi connectivity index (χ4n) is 2.62. The maximum Gasteiger partial charge on any atom is 0.0590 e. The molecule has 2 aromatic rings.